The van der Waals surface area contributed by atoms with E-state index in [9.17, 15) is 14.7 Å². The van der Waals surface area contributed by atoms with Crippen molar-refractivity contribution in [3.63, 3.8) is 0 Å². The second-order valence-electron chi connectivity index (χ2n) is 10.8. The van der Waals surface area contributed by atoms with Crippen molar-refractivity contribution in [3.05, 3.63) is 112 Å². The minimum Gasteiger partial charge on any atom is -0.507 e. The number of hydrogen-bond acceptors (Lipinski definition) is 7. The standard InChI is InChI=1S/C35H30N2O6S/c1-41-29-20-26-21-12-14-37(35(40)32-18-22-6-2-3-9-31(22)44-32)33(26)23-7-4-8-24(16-23)42-15-5-13-36-34(39)27-19-25(10-11-28(27)38)43-30(29)17-21/h2-4,6-11,16-20,33,38H,5,12-15H2,1H3,(H,36,39). The molecular formula is C35H30N2O6S. The van der Waals surface area contributed by atoms with Crippen molar-refractivity contribution in [1.29, 1.82) is 0 Å². The van der Waals surface area contributed by atoms with Crippen LogP contribution in [0.15, 0.2) is 84.9 Å². The van der Waals surface area contributed by atoms with Gasteiger partial charge in [-0.1, -0.05) is 30.3 Å². The maximum Gasteiger partial charge on any atom is 0.264 e. The number of rotatable bonds is 2. The van der Waals surface area contributed by atoms with E-state index in [1.54, 1.807) is 13.2 Å². The Morgan fingerprint density at radius 3 is 2.77 bits per heavy atom. The number of amides is 2. The zero-order valence-corrected chi connectivity index (χ0v) is 24.9. The lowest BCUT2D eigenvalue weighted by molar-refractivity contribution is 0.0698. The van der Waals surface area contributed by atoms with E-state index in [0.29, 0.717) is 60.4 Å². The number of phenolic OH excluding ortho intramolecular Hbond substituents is 1. The molecule has 0 fully saturated rings. The van der Waals surface area contributed by atoms with Gasteiger partial charge in [0.25, 0.3) is 11.8 Å². The van der Waals surface area contributed by atoms with Gasteiger partial charge in [-0.3, -0.25) is 9.59 Å². The van der Waals surface area contributed by atoms with E-state index in [1.807, 2.05) is 71.6 Å². The largest absolute Gasteiger partial charge is 0.507 e. The van der Waals surface area contributed by atoms with Crippen LogP contribution in [0.4, 0.5) is 0 Å². The van der Waals surface area contributed by atoms with Gasteiger partial charge in [0.2, 0.25) is 0 Å². The number of benzene rings is 4. The van der Waals surface area contributed by atoms with Crippen LogP contribution in [0.25, 0.3) is 10.1 Å². The van der Waals surface area contributed by atoms with Crippen LogP contribution < -0.4 is 19.5 Å². The van der Waals surface area contributed by atoms with Gasteiger partial charge in [-0.05, 0) is 89.5 Å². The van der Waals surface area contributed by atoms with E-state index >= 15 is 0 Å². The monoisotopic (exact) mass is 606 g/mol. The lowest BCUT2D eigenvalue weighted by Crippen LogP contribution is -2.40. The molecule has 0 aliphatic carbocycles. The van der Waals surface area contributed by atoms with Crippen LogP contribution in [-0.2, 0) is 6.42 Å². The van der Waals surface area contributed by atoms with E-state index in [1.165, 1.54) is 23.5 Å². The third-order valence-electron chi connectivity index (χ3n) is 8.04. The summed E-state index contributed by atoms with van der Waals surface area (Å²) in [6.45, 7) is 1.24. The first-order chi connectivity index (χ1) is 21.5. The summed E-state index contributed by atoms with van der Waals surface area (Å²) in [5.74, 6) is 1.45. The van der Waals surface area contributed by atoms with E-state index < -0.39 is 5.91 Å². The normalized spacial score (nSPS) is 16.3. The third kappa shape index (κ3) is 5.20. The van der Waals surface area contributed by atoms with Crippen LogP contribution in [-0.4, -0.2) is 48.6 Å². The van der Waals surface area contributed by atoms with Crippen LogP contribution in [0.2, 0.25) is 0 Å². The van der Waals surface area contributed by atoms with E-state index in [4.69, 9.17) is 14.2 Å². The second kappa shape index (κ2) is 11.6. The van der Waals surface area contributed by atoms with Gasteiger partial charge in [-0.15, -0.1) is 11.3 Å². The molecule has 9 heteroatoms. The first-order valence-corrected chi connectivity index (χ1v) is 15.3. The van der Waals surface area contributed by atoms with Gasteiger partial charge in [0.1, 0.15) is 17.2 Å². The molecule has 0 saturated carbocycles. The number of methoxy groups -OCH3 is 1. The molecule has 1 unspecified atom stereocenters. The molecule has 4 heterocycles. The molecule has 1 atom stereocenters. The Morgan fingerprint density at radius 1 is 1.02 bits per heavy atom. The number of carbonyl (C=O) groups excluding carboxylic acids is 2. The molecule has 2 N–H and O–H groups in total. The Bertz CT molecular complexity index is 1870. The molecule has 3 aliphatic rings. The first-order valence-electron chi connectivity index (χ1n) is 14.5. The minimum atomic E-state index is -0.403. The van der Waals surface area contributed by atoms with Crippen molar-refractivity contribution in [3.8, 4) is 28.7 Å². The number of thiophene rings is 1. The molecule has 0 radical (unpaired) electrons. The average molecular weight is 607 g/mol. The quantitative estimate of drug-likeness (QED) is 0.232. The summed E-state index contributed by atoms with van der Waals surface area (Å²) in [7, 11) is 1.57. The molecule has 8 rings (SSSR count). The number of nitrogens with one attached hydrogen (secondary N) is 1. The van der Waals surface area contributed by atoms with Crippen LogP contribution in [0.3, 0.4) is 0 Å². The summed E-state index contributed by atoms with van der Waals surface area (Å²) in [6, 6.07) is 25.9. The van der Waals surface area contributed by atoms with Gasteiger partial charge in [0.05, 0.1) is 30.2 Å². The number of fused-ring (bicyclic) bond motifs is 7. The molecule has 8 bridgehead atoms. The van der Waals surface area contributed by atoms with Gasteiger partial charge in [-0.2, -0.15) is 0 Å². The predicted octanol–water partition coefficient (Wildman–Crippen LogP) is 6.71. The Hall–Kier alpha value is -5.02. The van der Waals surface area contributed by atoms with Crippen LogP contribution in [0.5, 0.6) is 28.7 Å². The molecule has 4 aromatic carbocycles. The maximum atomic E-state index is 14.2. The van der Waals surface area contributed by atoms with Crippen molar-refractivity contribution in [1.82, 2.24) is 10.2 Å². The number of phenols is 1. The van der Waals surface area contributed by atoms with Crippen molar-refractivity contribution in [2.24, 2.45) is 0 Å². The summed E-state index contributed by atoms with van der Waals surface area (Å²) in [5.41, 5.74) is 3.00. The van der Waals surface area contributed by atoms with Gasteiger partial charge in [0, 0.05) is 17.8 Å². The van der Waals surface area contributed by atoms with Gasteiger partial charge in [-0.25, -0.2) is 0 Å². The molecular weight excluding hydrogens is 576 g/mol. The zero-order chi connectivity index (χ0) is 30.2. The SMILES string of the molecule is COc1cc2c3cc1Oc1ccc(O)c(c1)C(=O)NCCCOc1cccc(c1)C2N(C(=O)c1cc2ccccc2s1)CC3. The fourth-order valence-electron chi connectivity index (χ4n) is 5.89. The highest BCUT2D eigenvalue weighted by atomic mass is 32.1. The van der Waals surface area contributed by atoms with Crippen molar-refractivity contribution in [2.45, 2.75) is 18.9 Å². The molecule has 3 aliphatic heterocycles. The Labute approximate surface area is 258 Å². The topological polar surface area (TPSA) is 97.3 Å². The van der Waals surface area contributed by atoms with Crippen LogP contribution in [0, 0.1) is 0 Å². The molecule has 8 nitrogen and oxygen atoms in total. The van der Waals surface area contributed by atoms with Crippen molar-refractivity contribution < 1.29 is 28.9 Å². The van der Waals surface area contributed by atoms with Gasteiger partial charge in [0.15, 0.2) is 11.5 Å². The number of carbonyl (C=O) groups is 2. The summed E-state index contributed by atoms with van der Waals surface area (Å²) in [6.07, 6.45) is 1.18. The van der Waals surface area contributed by atoms with E-state index in [2.05, 4.69) is 5.32 Å². The summed E-state index contributed by atoms with van der Waals surface area (Å²) >= 11 is 1.51. The lowest BCUT2D eigenvalue weighted by atomic mass is 9.87. The fourth-order valence-corrected chi connectivity index (χ4v) is 6.91. The molecule has 1 aromatic heterocycles. The molecule has 0 spiro atoms. The highest BCUT2D eigenvalue weighted by Gasteiger charge is 2.35. The van der Waals surface area contributed by atoms with Crippen LogP contribution >= 0.6 is 11.3 Å². The molecule has 2 amide bonds. The molecule has 222 valence electrons. The second-order valence-corrected chi connectivity index (χ2v) is 11.9. The number of ether oxygens (including phenoxy) is 3. The smallest absolute Gasteiger partial charge is 0.264 e. The average Bonchev–Trinajstić information content (AvgIpc) is 3.48. The first kappa shape index (κ1) is 27.8. The summed E-state index contributed by atoms with van der Waals surface area (Å²) in [4.78, 5) is 29.7. The van der Waals surface area contributed by atoms with Gasteiger partial charge >= 0.3 is 0 Å². The van der Waals surface area contributed by atoms with Gasteiger partial charge < -0.3 is 29.5 Å². The molecule has 0 saturated heterocycles. The number of nitrogens with zero attached hydrogens (tertiary/aromatic N) is 1. The number of aromatic hydroxyl groups is 1. The Kier molecular flexibility index (Phi) is 7.31. The van der Waals surface area contributed by atoms with E-state index in [0.717, 1.165) is 26.8 Å². The molecule has 5 aromatic rings. The maximum absolute atomic E-state index is 14.2. The van der Waals surface area contributed by atoms with Crippen molar-refractivity contribution >= 4 is 33.2 Å². The zero-order valence-electron chi connectivity index (χ0n) is 24.0. The molecule has 44 heavy (non-hydrogen) atoms. The van der Waals surface area contributed by atoms with Crippen molar-refractivity contribution in [2.75, 3.05) is 26.8 Å². The predicted molar refractivity (Wildman–Crippen MR) is 168 cm³/mol. The highest BCUT2D eigenvalue weighted by molar-refractivity contribution is 7.20. The third-order valence-corrected chi connectivity index (χ3v) is 9.14. The Balaban J connectivity index is 1.35. The number of hydrogen-bond donors (Lipinski definition) is 2. The highest BCUT2D eigenvalue weighted by Crippen LogP contribution is 2.44. The summed E-state index contributed by atoms with van der Waals surface area (Å²) < 4.78 is 19.2. The summed E-state index contributed by atoms with van der Waals surface area (Å²) in [5, 5.41) is 14.3. The van der Waals surface area contributed by atoms with E-state index in [-0.39, 0.29) is 23.3 Å². The fraction of sp³-hybridized carbons (Fsp3) is 0.200. The minimum absolute atomic E-state index is 0.0260. The lowest BCUT2D eigenvalue weighted by Gasteiger charge is -2.38. The Morgan fingerprint density at radius 2 is 1.91 bits per heavy atom. The van der Waals surface area contributed by atoms with Crippen LogP contribution in [0.1, 0.15) is 49.2 Å².